The van der Waals surface area contributed by atoms with E-state index < -0.39 is 0 Å². The zero-order valence-corrected chi connectivity index (χ0v) is 14.4. The Morgan fingerprint density at radius 3 is 2.74 bits per heavy atom. The van der Waals surface area contributed by atoms with Gasteiger partial charge in [-0.1, -0.05) is 12.1 Å². The normalized spacial score (nSPS) is 16.7. The third-order valence-electron chi connectivity index (χ3n) is 4.13. The van der Waals surface area contributed by atoms with E-state index in [0.29, 0.717) is 18.9 Å². The minimum atomic E-state index is -0.384. The van der Waals surface area contributed by atoms with Gasteiger partial charge in [-0.3, -0.25) is 9.59 Å². The molecule has 1 aromatic carbocycles. The van der Waals surface area contributed by atoms with Crippen molar-refractivity contribution in [3.8, 4) is 0 Å². The summed E-state index contributed by atoms with van der Waals surface area (Å²) in [7, 11) is 0. The molecule has 0 aromatic heterocycles. The molecule has 1 unspecified atom stereocenters. The van der Waals surface area contributed by atoms with Gasteiger partial charge in [0.2, 0.25) is 11.8 Å². The second-order valence-electron chi connectivity index (χ2n) is 6.00. The molecule has 3 N–H and O–H groups in total. The quantitative estimate of drug-likeness (QED) is 0.798. The molecule has 0 saturated carbocycles. The number of nitrogens with zero attached hydrogens (tertiary/aromatic N) is 1. The van der Waals surface area contributed by atoms with Crippen LogP contribution in [0.1, 0.15) is 31.2 Å². The van der Waals surface area contributed by atoms with Crippen LogP contribution in [-0.4, -0.2) is 31.4 Å². The SMILES string of the molecule is Cc1cccc(N(CCC(N)=O)C(=O)CCC2CCNC2)c1.Cl. The molecule has 1 saturated heterocycles. The number of rotatable bonds is 7. The van der Waals surface area contributed by atoms with E-state index in [1.165, 1.54) is 0 Å². The molecule has 0 bridgehead atoms. The van der Waals surface area contributed by atoms with Gasteiger partial charge in [-0.25, -0.2) is 0 Å². The number of primary amides is 1. The highest BCUT2D eigenvalue weighted by Crippen LogP contribution is 2.20. The van der Waals surface area contributed by atoms with Crippen LogP contribution in [0.3, 0.4) is 0 Å². The fourth-order valence-electron chi connectivity index (χ4n) is 2.84. The predicted octanol–water partition coefficient (Wildman–Crippen LogP) is 2.01. The standard InChI is InChI=1S/C17H25N3O2.ClH/c1-13-3-2-4-15(11-13)20(10-8-16(18)21)17(22)6-5-14-7-9-19-12-14;/h2-4,11,14,19H,5-10,12H2,1H3,(H2,18,21);1H. The lowest BCUT2D eigenvalue weighted by Gasteiger charge is -2.23. The lowest BCUT2D eigenvalue weighted by molar-refractivity contribution is -0.119. The molecule has 2 rings (SSSR count). The Hall–Kier alpha value is -1.59. The predicted molar refractivity (Wildman–Crippen MR) is 94.8 cm³/mol. The molecule has 1 aromatic rings. The third-order valence-corrected chi connectivity index (χ3v) is 4.13. The number of nitrogens with two attached hydrogens (primary N) is 1. The Kier molecular flexibility index (Phi) is 8.06. The zero-order valence-electron chi connectivity index (χ0n) is 13.6. The minimum Gasteiger partial charge on any atom is -0.370 e. The van der Waals surface area contributed by atoms with Gasteiger partial charge in [-0.2, -0.15) is 0 Å². The summed E-state index contributed by atoms with van der Waals surface area (Å²) in [6.07, 6.45) is 2.73. The molecule has 1 aliphatic heterocycles. The van der Waals surface area contributed by atoms with Gasteiger partial charge >= 0.3 is 0 Å². The summed E-state index contributed by atoms with van der Waals surface area (Å²) in [6.45, 7) is 4.38. The number of aryl methyl sites for hydroxylation is 1. The van der Waals surface area contributed by atoms with Gasteiger partial charge in [0.15, 0.2) is 0 Å². The van der Waals surface area contributed by atoms with Crippen LogP contribution >= 0.6 is 12.4 Å². The Labute approximate surface area is 144 Å². The van der Waals surface area contributed by atoms with Crippen molar-refractivity contribution in [2.24, 2.45) is 11.7 Å². The number of hydrogen-bond donors (Lipinski definition) is 2. The zero-order chi connectivity index (χ0) is 15.9. The van der Waals surface area contributed by atoms with Gasteiger partial charge in [0, 0.05) is 25.1 Å². The second-order valence-corrected chi connectivity index (χ2v) is 6.00. The van der Waals surface area contributed by atoms with Gasteiger partial charge in [0.25, 0.3) is 0 Å². The van der Waals surface area contributed by atoms with E-state index in [1.54, 1.807) is 4.90 Å². The highest BCUT2D eigenvalue weighted by atomic mass is 35.5. The molecule has 0 spiro atoms. The largest absolute Gasteiger partial charge is 0.370 e. The first-order valence-electron chi connectivity index (χ1n) is 7.92. The van der Waals surface area contributed by atoms with Crippen molar-refractivity contribution >= 4 is 29.9 Å². The second kappa shape index (κ2) is 9.53. The Morgan fingerprint density at radius 2 is 2.13 bits per heavy atom. The van der Waals surface area contributed by atoms with E-state index in [4.69, 9.17) is 5.73 Å². The van der Waals surface area contributed by atoms with Crippen molar-refractivity contribution in [3.63, 3.8) is 0 Å². The number of carbonyl (C=O) groups is 2. The van der Waals surface area contributed by atoms with Crippen molar-refractivity contribution in [2.45, 2.75) is 32.6 Å². The molecular weight excluding hydrogens is 314 g/mol. The monoisotopic (exact) mass is 339 g/mol. The summed E-state index contributed by atoms with van der Waals surface area (Å²) in [5.74, 6) is 0.267. The Balaban J connectivity index is 0.00000264. The van der Waals surface area contributed by atoms with Crippen molar-refractivity contribution in [1.82, 2.24) is 5.32 Å². The number of benzene rings is 1. The van der Waals surface area contributed by atoms with Crippen molar-refractivity contribution in [1.29, 1.82) is 0 Å². The molecule has 1 aliphatic rings. The van der Waals surface area contributed by atoms with Crippen LogP contribution in [-0.2, 0) is 9.59 Å². The van der Waals surface area contributed by atoms with Gasteiger partial charge in [0.1, 0.15) is 0 Å². The molecule has 0 aliphatic carbocycles. The van der Waals surface area contributed by atoms with E-state index in [1.807, 2.05) is 31.2 Å². The fourth-order valence-corrected chi connectivity index (χ4v) is 2.84. The number of halogens is 1. The van der Waals surface area contributed by atoms with Crippen LogP contribution in [0.15, 0.2) is 24.3 Å². The first-order valence-corrected chi connectivity index (χ1v) is 7.92. The highest BCUT2D eigenvalue weighted by molar-refractivity contribution is 5.94. The summed E-state index contributed by atoms with van der Waals surface area (Å²) < 4.78 is 0. The maximum atomic E-state index is 12.6. The van der Waals surface area contributed by atoms with Crippen molar-refractivity contribution in [2.75, 3.05) is 24.5 Å². The van der Waals surface area contributed by atoms with Crippen molar-refractivity contribution in [3.05, 3.63) is 29.8 Å². The molecule has 6 heteroatoms. The molecular formula is C17H26ClN3O2. The number of nitrogens with one attached hydrogen (secondary N) is 1. The van der Waals surface area contributed by atoms with E-state index >= 15 is 0 Å². The van der Waals surface area contributed by atoms with Crippen LogP contribution in [0.2, 0.25) is 0 Å². The van der Waals surface area contributed by atoms with Gasteiger partial charge < -0.3 is 16.0 Å². The number of carbonyl (C=O) groups excluding carboxylic acids is 2. The molecule has 1 heterocycles. The van der Waals surface area contributed by atoms with Crippen LogP contribution in [0.5, 0.6) is 0 Å². The third kappa shape index (κ3) is 6.20. The summed E-state index contributed by atoms with van der Waals surface area (Å²) >= 11 is 0. The maximum absolute atomic E-state index is 12.6. The molecule has 1 fully saturated rings. The first kappa shape index (κ1) is 19.5. The maximum Gasteiger partial charge on any atom is 0.227 e. The van der Waals surface area contributed by atoms with Crippen LogP contribution in [0.4, 0.5) is 5.69 Å². The van der Waals surface area contributed by atoms with Crippen LogP contribution < -0.4 is 16.0 Å². The molecule has 128 valence electrons. The summed E-state index contributed by atoms with van der Waals surface area (Å²) in [5, 5.41) is 3.32. The summed E-state index contributed by atoms with van der Waals surface area (Å²) in [4.78, 5) is 25.3. The van der Waals surface area contributed by atoms with E-state index in [9.17, 15) is 9.59 Å². The van der Waals surface area contributed by atoms with Gasteiger partial charge in [-0.15, -0.1) is 12.4 Å². The van der Waals surface area contributed by atoms with E-state index in [-0.39, 0.29) is 30.6 Å². The lowest BCUT2D eigenvalue weighted by atomic mass is 10.0. The molecule has 1 atom stereocenters. The van der Waals surface area contributed by atoms with Crippen molar-refractivity contribution < 1.29 is 9.59 Å². The lowest BCUT2D eigenvalue weighted by Crippen LogP contribution is -2.34. The number of anilines is 1. The smallest absolute Gasteiger partial charge is 0.227 e. The first-order chi connectivity index (χ1) is 10.6. The van der Waals surface area contributed by atoms with Crippen LogP contribution in [0, 0.1) is 12.8 Å². The van der Waals surface area contributed by atoms with E-state index in [0.717, 1.165) is 37.2 Å². The fraction of sp³-hybridized carbons (Fsp3) is 0.529. The van der Waals surface area contributed by atoms with E-state index in [2.05, 4.69) is 5.32 Å². The molecule has 5 nitrogen and oxygen atoms in total. The average molecular weight is 340 g/mol. The molecule has 23 heavy (non-hydrogen) atoms. The van der Waals surface area contributed by atoms with Crippen LogP contribution in [0.25, 0.3) is 0 Å². The topological polar surface area (TPSA) is 75.4 Å². The highest BCUT2D eigenvalue weighted by Gasteiger charge is 2.20. The molecule has 2 amide bonds. The minimum absolute atomic E-state index is 0. The number of amides is 2. The average Bonchev–Trinajstić information content (AvgIpc) is 2.98. The Bertz CT molecular complexity index is 530. The van der Waals surface area contributed by atoms with Gasteiger partial charge in [-0.05, 0) is 56.5 Å². The number of hydrogen-bond acceptors (Lipinski definition) is 3. The summed E-state index contributed by atoms with van der Waals surface area (Å²) in [6, 6.07) is 7.79. The molecule has 0 radical (unpaired) electrons. The summed E-state index contributed by atoms with van der Waals surface area (Å²) in [5.41, 5.74) is 7.17. The Morgan fingerprint density at radius 1 is 1.35 bits per heavy atom. The van der Waals surface area contributed by atoms with Gasteiger partial charge in [0.05, 0.1) is 0 Å².